The largest absolute Gasteiger partial charge is 0.394 e. The minimum absolute atomic E-state index is 0.107. The number of nitro groups is 1. The molecule has 0 aromatic carbocycles. The van der Waals surface area contributed by atoms with Crippen molar-refractivity contribution in [3.63, 3.8) is 0 Å². The summed E-state index contributed by atoms with van der Waals surface area (Å²) >= 11 is 0. The fraction of sp³-hybridized carbons (Fsp3) is 0.667. The highest BCUT2D eigenvalue weighted by atomic mass is 16.6. The van der Waals surface area contributed by atoms with Gasteiger partial charge in [-0.3, -0.25) is 14.8 Å². The van der Waals surface area contributed by atoms with Gasteiger partial charge in [-0.1, -0.05) is 0 Å². The average Bonchev–Trinajstić information content (AvgIpc) is 2.77. The highest BCUT2D eigenvalue weighted by molar-refractivity contribution is 5.20. The van der Waals surface area contributed by atoms with Crippen molar-refractivity contribution in [3.8, 4) is 0 Å². The van der Waals surface area contributed by atoms with E-state index in [4.69, 9.17) is 10.2 Å². The summed E-state index contributed by atoms with van der Waals surface area (Å²) in [6, 6.07) is 0. The zero-order valence-electron chi connectivity index (χ0n) is 9.64. The number of hydrogen-bond donors (Lipinski definition) is 4. The molecule has 1 aromatic rings. The predicted molar refractivity (Wildman–Crippen MR) is 60.9 cm³/mol. The molecule has 0 saturated heterocycles. The van der Waals surface area contributed by atoms with E-state index in [0.29, 0.717) is 0 Å². The second-order valence-corrected chi connectivity index (χ2v) is 3.83. The van der Waals surface area contributed by atoms with Crippen LogP contribution in [0.4, 0.5) is 5.69 Å². The first-order chi connectivity index (χ1) is 8.52. The molecular weight excluding hydrogens is 244 g/mol. The van der Waals surface area contributed by atoms with Gasteiger partial charge in [-0.15, -0.1) is 0 Å². The molecule has 0 aliphatic rings. The SMILES string of the molecule is O=[N+]([O-])c1cnn(CC(O)CNCC(O)CO)c1. The van der Waals surface area contributed by atoms with Gasteiger partial charge in [0.25, 0.3) is 0 Å². The van der Waals surface area contributed by atoms with E-state index in [1.54, 1.807) is 0 Å². The van der Waals surface area contributed by atoms with Crippen molar-refractivity contribution < 1.29 is 20.2 Å². The molecule has 0 saturated carbocycles. The van der Waals surface area contributed by atoms with Crippen LogP contribution in [-0.4, -0.2) is 61.9 Å². The maximum absolute atomic E-state index is 10.4. The minimum atomic E-state index is -0.872. The summed E-state index contributed by atoms with van der Waals surface area (Å²) in [4.78, 5) is 9.84. The Hall–Kier alpha value is -1.55. The van der Waals surface area contributed by atoms with Crippen molar-refractivity contribution in [2.75, 3.05) is 19.7 Å². The summed E-state index contributed by atoms with van der Waals surface area (Å²) in [5.41, 5.74) is -0.133. The molecule has 0 amide bonds. The Bertz CT molecular complexity index is 383. The smallest absolute Gasteiger partial charge is 0.306 e. The maximum atomic E-state index is 10.4. The number of hydrogen-bond acceptors (Lipinski definition) is 7. The summed E-state index contributed by atoms with van der Waals surface area (Å²) in [6.45, 7) is 0.0992. The van der Waals surface area contributed by atoms with Gasteiger partial charge in [0.15, 0.2) is 0 Å². The van der Waals surface area contributed by atoms with Crippen LogP contribution in [0.15, 0.2) is 12.4 Å². The molecule has 9 heteroatoms. The summed E-state index contributed by atoms with van der Waals surface area (Å²) in [6.07, 6.45) is 0.667. The van der Waals surface area contributed by atoms with E-state index >= 15 is 0 Å². The number of aliphatic hydroxyl groups is 3. The first-order valence-corrected chi connectivity index (χ1v) is 5.37. The Balaban J connectivity index is 2.30. The summed E-state index contributed by atoms with van der Waals surface area (Å²) in [5, 5.41) is 44.1. The highest BCUT2D eigenvalue weighted by Crippen LogP contribution is 2.07. The van der Waals surface area contributed by atoms with Crippen LogP contribution in [0.5, 0.6) is 0 Å². The highest BCUT2D eigenvalue weighted by Gasteiger charge is 2.12. The molecule has 1 heterocycles. The third-order valence-corrected chi connectivity index (χ3v) is 2.20. The molecule has 0 fully saturated rings. The second-order valence-electron chi connectivity index (χ2n) is 3.83. The molecule has 0 spiro atoms. The normalized spacial score (nSPS) is 14.4. The first-order valence-electron chi connectivity index (χ1n) is 5.37. The van der Waals surface area contributed by atoms with Crippen LogP contribution in [0.3, 0.4) is 0 Å². The van der Waals surface area contributed by atoms with E-state index in [1.165, 1.54) is 10.9 Å². The molecule has 0 bridgehead atoms. The summed E-state index contributed by atoms with van der Waals surface area (Å²) in [7, 11) is 0. The Morgan fingerprint density at radius 2 is 2.11 bits per heavy atom. The van der Waals surface area contributed by atoms with E-state index in [0.717, 1.165) is 6.20 Å². The molecule has 9 nitrogen and oxygen atoms in total. The van der Waals surface area contributed by atoms with E-state index in [9.17, 15) is 15.2 Å². The van der Waals surface area contributed by atoms with Crippen LogP contribution in [0.1, 0.15) is 0 Å². The van der Waals surface area contributed by atoms with Gasteiger partial charge < -0.3 is 20.6 Å². The van der Waals surface area contributed by atoms with Gasteiger partial charge in [0.2, 0.25) is 0 Å². The van der Waals surface area contributed by atoms with Crippen molar-refractivity contribution in [1.82, 2.24) is 15.1 Å². The lowest BCUT2D eigenvalue weighted by Gasteiger charge is -2.13. The Morgan fingerprint density at radius 1 is 1.44 bits per heavy atom. The predicted octanol–water partition coefficient (Wildman–Crippen LogP) is -1.90. The van der Waals surface area contributed by atoms with Crippen LogP contribution in [0.25, 0.3) is 0 Å². The van der Waals surface area contributed by atoms with Gasteiger partial charge in [-0.25, -0.2) is 0 Å². The third kappa shape index (κ3) is 4.75. The van der Waals surface area contributed by atoms with Crippen molar-refractivity contribution in [3.05, 3.63) is 22.5 Å². The molecule has 0 aliphatic heterocycles. The molecular formula is C9H16N4O5. The van der Waals surface area contributed by atoms with Crippen molar-refractivity contribution in [2.24, 2.45) is 0 Å². The average molecular weight is 260 g/mol. The van der Waals surface area contributed by atoms with E-state index < -0.39 is 17.1 Å². The second kappa shape index (κ2) is 7.01. The standard InChI is InChI=1S/C9H16N4O5/c14-6-9(16)3-10-2-8(15)5-12-4-7(1-11-12)13(17)18/h1,4,8-10,14-16H,2-3,5-6H2. The monoisotopic (exact) mass is 260 g/mol. The Morgan fingerprint density at radius 3 is 2.67 bits per heavy atom. The van der Waals surface area contributed by atoms with Gasteiger partial charge in [0.05, 0.1) is 30.3 Å². The van der Waals surface area contributed by atoms with Crippen LogP contribution in [0, 0.1) is 10.1 Å². The molecule has 2 atom stereocenters. The van der Waals surface area contributed by atoms with Gasteiger partial charge in [0, 0.05) is 13.1 Å². The molecule has 1 aromatic heterocycles. The molecule has 0 aliphatic carbocycles. The quantitative estimate of drug-likeness (QED) is 0.316. The molecule has 102 valence electrons. The van der Waals surface area contributed by atoms with Gasteiger partial charge in [0.1, 0.15) is 12.4 Å². The summed E-state index contributed by atoms with van der Waals surface area (Å²) in [5.74, 6) is 0. The lowest BCUT2D eigenvalue weighted by atomic mass is 10.3. The molecule has 2 unspecified atom stereocenters. The molecule has 1 rings (SSSR count). The van der Waals surface area contributed by atoms with Gasteiger partial charge in [-0.2, -0.15) is 5.10 Å². The third-order valence-electron chi connectivity index (χ3n) is 2.20. The van der Waals surface area contributed by atoms with Crippen molar-refractivity contribution >= 4 is 5.69 Å². The van der Waals surface area contributed by atoms with E-state index in [2.05, 4.69) is 10.4 Å². The minimum Gasteiger partial charge on any atom is -0.394 e. The number of nitrogens with one attached hydrogen (secondary N) is 1. The van der Waals surface area contributed by atoms with E-state index in [-0.39, 0.29) is 31.9 Å². The fourth-order valence-electron chi connectivity index (χ4n) is 1.31. The summed E-state index contributed by atoms with van der Waals surface area (Å²) < 4.78 is 1.27. The molecule has 4 N–H and O–H groups in total. The zero-order chi connectivity index (χ0) is 13.5. The topological polar surface area (TPSA) is 134 Å². The van der Waals surface area contributed by atoms with Gasteiger partial charge in [-0.05, 0) is 0 Å². The zero-order valence-corrected chi connectivity index (χ0v) is 9.64. The number of rotatable bonds is 8. The van der Waals surface area contributed by atoms with Crippen LogP contribution < -0.4 is 5.32 Å². The fourth-order valence-corrected chi connectivity index (χ4v) is 1.31. The number of nitrogens with zero attached hydrogens (tertiary/aromatic N) is 3. The lowest BCUT2D eigenvalue weighted by Crippen LogP contribution is -2.36. The lowest BCUT2D eigenvalue weighted by molar-refractivity contribution is -0.385. The first kappa shape index (κ1) is 14.5. The molecule has 18 heavy (non-hydrogen) atoms. The Kier molecular flexibility index (Phi) is 5.65. The van der Waals surface area contributed by atoms with Crippen LogP contribution >= 0.6 is 0 Å². The Labute approximate surface area is 103 Å². The number of aliphatic hydroxyl groups excluding tert-OH is 3. The van der Waals surface area contributed by atoms with Crippen LogP contribution in [0.2, 0.25) is 0 Å². The number of aromatic nitrogens is 2. The van der Waals surface area contributed by atoms with Gasteiger partial charge >= 0.3 is 5.69 Å². The maximum Gasteiger partial charge on any atom is 0.306 e. The van der Waals surface area contributed by atoms with Crippen LogP contribution in [-0.2, 0) is 6.54 Å². The van der Waals surface area contributed by atoms with Crippen molar-refractivity contribution in [2.45, 2.75) is 18.8 Å². The van der Waals surface area contributed by atoms with E-state index in [1.807, 2.05) is 0 Å². The van der Waals surface area contributed by atoms with Crippen molar-refractivity contribution in [1.29, 1.82) is 0 Å². The molecule has 0 radical (unpaired) electrons.